The average molecular weight is 605 g/mol. The second kappa shape index (κ2) is 12.6. The Kier molecular flexibility index (Phi) is 8.69. The number of nitrogens with zero attached hydrogens (tertiary/aromatic N) is 5. The van der Waals surface area contributed by atoms with Gasteiger partial charge >= 0.3 is 0 Å². The molecule has 0 saturated carbocycles. The van der Waals surface area contributed by atoms with E-state index in [1.165, 1.54) is 0 Å². The van der Waals surface area contributed by atoms with Crippen molar-refractivity contribution in [3.8, 4) is 5.75 Å². The third kappa shape index (κ3) is 5.70. The van der Waals surface area contributed by atoms with Gasteiger partial charge in [-0.05, 0) is 54.3 Å². The fraction of sp³-hybridized carbons (Fsp3) is 0.333. The molecule has 3 aromatic carbocycles. The molecule has 2 atom stereocenters. The van der Waals surface area contributed by atoms with Gasteiger partial charge in [-0.1, -0.05) is 63.5 Å². The topological polar surface area (TPSA) is 120 Å². The number of carbonyl (C=O) groups excluding carboxylic acids is 1. The first-order valence-electron chi connectivity index (χ1n) is 13.3. The number of hydrogen-bond donors (Lipinski definition) is 1. The number of aliphatic hydroxyl groups excluding tert-OH is 1. The third-order valence-electron chi connectivity index (χ3n) is 7.19. The molecule has 1 fully saturated rings. The van der Waals surface area contributed by atoms with Crippen LogP contribution in [0.5, 0.6) is 5.75 Å². The molecular formula is C30H30BrN5O4. The molecule has 1 N–H and O–H groups in total. The van der Waals surface area contributed by atoms with Crippen molar-refractivity contribution in [2.24, 2.45) is 10.1 Å². The highest BCUT2D eigenvalue weighted by atomic mass is 79.9. The Bertz CT molecular complexity index is 1430. The maximum absolute atomic E-state index is 14.5. The number of aliphatic imine (C=N–C) groups is 1. The van der Waals surface area contributed by atoms with Crippen LogP contribution < -0.4 is 4.74 Å². The molecule has 9 nitrogen and oxygen atoms in total. The summed E-state index contributed by atoms with van der Waals surface area (Å²) in [6.45, 7) is 1.79. The molecule has 2 aliphatic rings. The molecule has 0 spiro atoms. The number of rotatable bonds is 10. The maximum Gasteiger partial charge on any atom is 0.255 e. The molecule has 40 heavy (non-hydrogen) atoms. The van der Waals surface area contributed by atoms with E-state index in [0.717, 1.165) is 22.9 Å². The molecule has 0 bridgehead atoms. The summed E-state index contributed by atoms with van der Waals surface area (Å²) in [5.41, 5.74) is 10.6. The molecule has 0 radical (unpaired) electrons. The van der Waals surface area contributed by atoms with Crippen molar-refractivity contribution < 1.29 is 19.4 Å². The van der Waals surface area contributed by atoms with Crippen LogP contribution in [0.3, 0.4) is 0 Å². The van der Waals surface area contributed by atoms with Crippen LogP contribution in [0.15, 0.2) is 87.4 Å². The van der Waals surface area contributed by atoms with Crippen LogP contribution in [0.1, 0.15) is 42.1 Å². The zero-order chi connectivity index (χ0) is 28.0. The second-order valence-electron chi connectivity index (χ2n) is 9.80. The van der Waals surface area contributed by atoms with Crippen LogP contribution in [-0.2, 0) is 16.0 Å². The molecule has 1 saturated heterocycles. The summed E-state index contributed by atoms with van der Waals surface area (Å²) in [7, 11) is 0. The van der Waals surface area contributed by atoms with E-state index in [-0.39, 0.29) is 18.9 Å². The Hall–Kier alpha value is -3.85. The minimum atomic E-state index is -1.33. The monoisotopic (exact) mass is 603 g/mol. The zero-order valence-electron chi connectivity index (χ0n) is 21.9. The van der Waals surface area contributed by atoms with E-state index in [1.807, 2.05) is 65.6 Å². The van der Waals surface area contributed by atoms with E-state index in [2.05, 4.69) is 26.0 Å². The van der Waals surface area contributed by atoms with E-state index < -0.39 is 11.6 Å². The number of hydrogen-bond acceptors (Lipinski definition) is 6. The van der Waals surface area contributed by atoms with Gasteiger partial charge in [0, 0.05) is 58.7 Å². The minimum absolute atomic E-state index is 0.0646. The molecule has 3 aromatic rings. The smallest absolute Gasteiger partial charge is 0.255 e. The average Bonchev–Trinajstić information content (AvgIpc) is 3.64. The summed E-state index contributed by atoms with van der Waals surface area (Å²) in [5, 5.41) is 12.9. The molecule has 10 heteroatoms. The lowest BCUT2D eigenvalue weighted by Gasteiger charge is -2.34. The number of halogens is 1. The standard InChI is InChI=1S/C30H30BrN5O4/c31-25-10-3-2-9-24(25)27-30(29(38)36-16-5-6-17-36,20-22-8-1-4-11-26(22)34-35-32)33-28(40-27)21-12-14-23(15-13-21)39-19-7-18-37/h1-4,8-15,27,37H,5-7,16-20H2/t27-,30-/m1/s1. The first-order chi connectivity index (χ1) is 19.6. The van der Waals surface area contributed by atoms with Crippen molar-refractivity contribution in [2.45, 2.75) is 37.3 Å². The number of aliphatic hydroxyl groups is 1. The Balaban J connectivity index is 1.63. The van der Waals surface area contributed by atoms with Crippen LogP contribution in [0.25, 0.3) is 10.4 Å². The van der Waals surface area contributed by atoms with Crippen LogP contribution >= 0.6 is 15.9 Å². The van der Waals surface area contributed by atoms with Gasteiger partial charge in [-0.15, -0.1) is 0 Å². The Morgan fingerprint density at radius 3 is 2.58 bits per heavy atom. The first kappa shape index (κ1) is 27.7. The lowest BCUT2D eigenvalue weighted by atomic mass is 9.81. The van der Waals surface area contributed by atoms with Gasteiger partial charge in [0.1, 0.15) is 5.75 Å². The lowest BCUT2D eigenvalue weighted by molar-refractivity contribution is -0.138. The van der Waals surface area contributed by atoms with Crippen molar-refractivity contribution >= 4 is 33.4 Å². The fourth-order valence-electron chi connectivity index (χ4n) is 5.22. The molecule has 0 aliphatic carbocycles. The van der Waals surface area contributed by atoms with Gasteiger partial charge < -0.3 is 19.5 Å². The predicted molar refractivity (Wildman–Crippen MR) is 156 cm³/mol. The molecule has 2 aliphatic heterocycles. The summed E-state index contributed by atoms with van der Waals surface area (Å²) in [6, 6.07) is 22.3. The van der Waals surface area contributed by atoms with E-state index in [9.17, 15) is 10.3 Å². The van der Waals surface area contributed by atoms with Crippen LogP contribution in [0, 0.1) is 0 Å². The molecular weight excluding hydrogens is 574 g/mol. The van der Waals surface area contributed by atoms with E-state index in [4.69, 9.17) is 19.6 Å². The number of ether oxygens (including phenoxy) is 2. The Morgan fingerprint density at radius 1 is 1.12 bits per heavy atom. The fourth-order valence-corrected chi connectivity index (χ4v) is 5.72. The summed E-state index contributed by atoms with van der Waals surface area (Å²) in [6.07, 6.45) is 1.88. The highest BCUT2D eigenvalue weighted by molar-refractivity contribution is 9.10. The van der Waals surface area contributed by atoms with Gasteiger partial charge in [0.05, 0.1) is 6.61 Å². The number of likely N-dealkylation sites (tertiary alicyclic amines) is 1. The Labute approximate surface area is 241 Å². The van der Waals surface area contributed by atoms with Gasteiger partial charge in [0.2, 0.25) is 5.90 Å². The van der Waals surface area contributed by atoms with Gasteiger partial charge in [-0.2, -0.15) is 0 Å². The van der Waals surface area contributed by atoms with Crippen LogP contribution in [0.4, 0.5) is 5.69 Å². The maximum atomic E-state index is 14.5. The van der Waals surface area contributed by atoms with Gasteiger partial charge in [0.25, 0.3) is 5.91 Å². The molecule has 5 rings (SSSR count). The third-order valence-corrected chi connectivity index (χ3v) is 7.91. The number of azide groups is 1. The van der Waals surface area contributed by atoms with Crippen molar-refractivity contribution in [1.29, 1.82) is 0 Å². The van der Waals surface area contributed by atoms with E-state index in [1.54, 1.807) is 12.1 Å². The summed E-state index contributed by atoms with van der Waals surface area (Å²) in [5.74, 6) is 0.915. The number of benzene rings is 3. The molecule has 206 valence electrons. The van der Waals surface area contributed by atoms with Crippen molar-refractivity contribution in [3.63, 3.8) is 0 Å². The lowest BCUT2D eigenvalue weighted by Crippen LogP contribution is -2.51. The van der Waals surface area contributed by atoms with Crippen LogP contribution in [-0.4, -0.2) is 53.7 Å². The quantitative estimate of drug-likeness (QED) is 0.127. The highest BCUT2D eigenvalue weighted by Crippen LogP contribution is 2.46. The highest BCUT2D eigenvalue weighted by Gasteiger charge is 2.55. The van der Waals surface area contributed by atoms with E-state index in [0.29, 0.717) is 54.6 Å². The molecule has 0 aromatic heterocycles. The molecule has 1 amide bonds. The van der Waals surface area contributed by atoms with Gasteiger partial charge in [-0.25, -0.2) is 4.99 Å². The number of carbonyl (C=O) groups is 1. The van der Waals surface area contributed by atoms with E-state index >= 15 is 0 Å². The molecule has 2 heterocycles. The van der Waals surface area contributed by atoms with Crippen molar-refractivity contribution in [1.82, 2.24) is 4.90 Å². The van der Waals surface area contributed by atoms with Crippen molar-refractivity contribution in [3.05, 3.63) is 104 Å². The summed E-state index contributed by atoms with van der Waals surface area (Å²) < 4.78 is 13.1. The predicted octanol–water partition coefficient (Wildman–Crippen LogP) is 6.27. The Morgan fingerprint density at radius 2 is 1.85 bits per heavy atom. The summed E-state index contributed by atoms with van der Waals surface area (Å²) in [4.78, 5) is 24.5. The number of amides is 1. The molecule has 0 unspecified atom stereocenters. The second-order valence-corrected chi connectivity index (χ2v) is 10.7. The minimum Gasteiger partial charge on any atom is -0.494 e. The SMILES string of the molecule is [N-]=[N+]=Nc1ccccc1C[C@@]1(C(=O)N2CCCC2)N=C(c2ccc(OCCCO)cc2)O[C@@H]1c1ccccc1Br. The van der Waals surface area contributed by atoms with Crippen LogP contribution in [0.2, 0.25) is 0 Å². The van der Waals surface area contributed by atoms with Gasteiger partial charge in [-0.3, -0.25) is 4.79 Å². The largest absolute Gasteiger partial charge is 0.494 e. The van der Waals surface area contributed by atoms with Crippen molar-refractivity contribution in [2.75, 3.05) is 26.3 Å². The zero-order valence-corrected chi connectivity index (χ0v) is 23.5. The first-order valence-corrected chi connectivity index (χ1v) is 14.1. The summed E-state index contributed by atoms with van der Waals surface area (Å²) >= 11 is 3.67. The van der Waals surface area contributed by atoms with Gasteiger partial charge in [0.15, 0.2) is 11.6 Å². The normalized spacial score (nSPS) is 20.0.